The molecule has 0 radical (unpaired) electrons. The van der Waals surface area contributed by atoms with Crippen LogP contribution in [0.15, 0.2) is 12.3 Å². The van der Waals surface area contributed by atoms with Crippen molar-refractivity contribution in [3.8, 4) is 0 Å². The number of pyridine rings is 1. The fourth-order valence-corrected chi connectivity index (χ4v) is 0.913. The highest BCUT2D eigenvalue weighted by molar-refractivity contribution is 5.74. The number of carbonyl (C=O) groups excluding carboxylic acids is 1. The van der Waals surface area contributed by atoms with Crippen LogP contribution in [0, 0.1) is 11.6 Å². The minimum absolute atomic E-state index is 0.176. The van der Waals surface area contributed by atoms with Gasteiger partial charge in [0.1, 0.15) is 12.4 Å². The molecule has 6 heteroatoms. The van der Waals surface area contributed by atoms with Crippen molar-refractivity contribution in [3.63, 3.8) is 0 Å². The van der Waals surface area contributed by atoms with Gasteiger partial charge in [-0.25, -0.2) is 13.8 Å². The summed E-state index contributed by atoms with van der Waals surface area (Å²) in [5.74, 6) is -2.32. The number of hydrogen-bond acceptors (Lipinski definition) is 4. The zero-order valence-corrected chi connectivity index (χ0v) is 8.09. The van der Waals surface area contributed by atoms with Crippen molar-refractivity contribution in [2.45, 2.75) is 6.92 Å². The van der Waals surface area contributed by atoms with Gasteiger partial charge in [0.15, 0.2) is 11.6 Å². The molecule has 0 aromatic carbocycles. The van der Waals surface area contributed by atoms with E-state index < -0.39 is 17.6 Å². The lowest BCUT2D eigenvalue weighted by atomic mass is 10.4. The van der Waals surface area contributed by atoms with Crippen LogP contribution in [0.1, 0.15) is 6.92 Å². The Kier molecular flexibility index (Phi) is 3.96. The smallest absolute Gasteiger partial charge is 0.325 e. The second-order valence-electron chi connectivity index (χ2n) is 2.64. The maximum Gasteiger partial charge on any atom is 0.325 e. The molecule has 1 rings (SSSR count). The number of nitrogens with one attached hydrogen (secondary N) is 1. The number of rotatable bonds is 4. The summed E-state index contributed by atoms with van der Waals surface area (Å²) < 4.78 is 30.0. The molecule has 82 valence electrons. The minimum Gasteiger partial charge on any atom is -0.465 e. The molecule has 0 aliphatic carbocycles. The molecule has 1 aromatic heterocycles. The first-order valence-corrected chi connectivity index (χ1v) is 4.34. The van der Waals surface area contributed by atoms with Crippen LogP contribution >= 0.6 is 0 Å². The Balaban J connectivity index is 2.54. The van der Waals surface area contributed by atoms with Crippen LogP contribution in [-0.2, 0) is 9.53 Å². The van der Waals surface area contributed by atoms with E-state index in [-0.39, 0.29) is 19.0 Å². The maximum absolute atomic E-state index is 13.0. The number of nitrogens with zero attached hydrogens (tertiary/aromatic N) is 1. The molecular formula is C9H10F2N2O2. The summed E-state index contributed by atoms with van der Waals surface area (Å²) in [4.78, 5) is 14.3. The van der Waals surface area contributed by atoms with Gasteiger partial charge in [0.05, 0.1) is 12.8 Å². The molecule has 1 N–H and O–H groups in total. The summed E-state index contributed by atoms with van der Waals surface area (Å²) >= 11 is 0. The molecule has 0 unspecified atom stereocenters. The Morgan fingerprint density at radius 3 is 2.93 bits per heavy atom. The SMILES string of the molecule is CCOC(=O)CNc1ncc(F)cc1F. The largest absolute Gasteiger partial charge is 0.465 e. The third-order valence-corrected chi connectivity index (χ3v) is 1.51. The van der Waals surface area contributed by atoms with Crippen molar-refractivity contribution in [2.75, 3.05) is 18.5 Å². The summed E-state index contributed by atoms with van der Waals surface area (Å²) in [6, 6.07) is 0.681. The molecule has 0 spiro atoms. The summed E-state index contributed by atoms with van der Waals surface area (Å²) in [5.41, 5.74) is 0. The normalized spacial score (nSPS) is 9.80. The van der Waals surface area contributed by atoms with Crippen LogP contribution in [0.5, 0.6) is 0 Å². The number of hydrogen-bond donors (Lipinski definition) is 1. The summed E-state index contributed by atoms with van der Waals surface area (Å²) in [5, 5.41) is 2.40. The predicted octanol–water partition coefficient (Wildman–Crippen LogP) is 1.33. The van der Waals surface area contributed by atoms with Gasteiger partial charge < -0.3 is 10.1 Å². The Labute approximate surface area is 85.3 Å². The van der Waals surface area contributed by atoms with Gasteiger partial charge in [0, 0.05) is 6.07 Å². The van der Waals surface area contributed by atoms with Crippen LogP contribution in [0.25, 0.3) is 0 Å². The van der Waals surface area contributed by atoms with Gasteiger partial charge in [-0.2, -0.15) is 0 Å². The van der Waals surface area contributed by atoms with Crippen molar-refractivity contribution in [2.24, 2.45) is 0 Å². The van der Waals surface area contributed by atoms with E-state index >= 15 is 0 Å². The number of halogens is 2. The van der Waals surface area contributed by atoms with Gasteiger partial charge in [-0.05, 0) is 6.92 Å². The monoisotopic (exact) mass is 216 g/mol. The minimum atomic E-state index is -0.848. The van der Waals surface area contributed by atoms with Crippen LogP contribution in [0.4, 0.5) is 14.6 Å². The van der Waals surface area contributed by atoms with Crippen molar-refractivity contribution in [1.29, 1.82) is 0 Å². The molecule has 0 bridgehead atoms. The lowest BCUT2D eigenvalue weighted by molar-refractivity contribution is -0.140. The van der Waals surface area contributed by atoms with E-state index in [0.717, 1.165) is 6.20 Å². The van der Waals surface area contributed by atoms with Crippen LogP contribution in [-0.4, -0.2) is 24.1 Å². The average molecular weight is 216 g/mol. The Bertz CT molecular complexity index is 358. The number of carbonyl (C=O) groups is 1. The first-order valence-electron chi connectivity index (χ1n) is 4.34. The summed E-state index contributed by atoms with van der Waals surface area (Å²) in [6.45, 7) is 1.71. The molecule has 0 saturated heterocycles. The predicted molar refractivity (Wildman–Crippen MR) is 49.3 cm³/mol. The number of esters is 1. The van der Waals surface area contributed by atoms with Gasteiger partial charge in [-0.15, -0.1) is 0 Å². The molecule has 1 aromatic rings. The van der Waals surface area contributed by atoms with E-state index in [4.69, 9.17) is 0 Å². The number of aromatic nitrogens is 1. The summed E-state index contributed by atoms with van der Waals surface area (Å²) in [6.07, 6.45) is 0.858. The molecule has 0 saturated carbocycles. The quantitative estimate of drug-likeness (QED) is 0.771. The van der Waals surface area contributed by atoms with E-state index in [1.54, 1.807) is 6.92 Å². The lowest BCUT2D eigenvalue weighted by Crippen LogP contribution is -2.18. The van der Waals surface area contributed by atoms with Gasteiger partial charge >= 0.3 is 5.97 Å². The van der Waals surface area contributed by atoms with Crippen LogP contribution in [0.2, 0.25) is 0 Å². The first kappa shape index (κ1) is 11.4. The highest BCUT2D eigenvalue weighted by Crippen LogP contribution is 2.10. The fourth-order valence-electron chi connectivity index (χ4n) is 0.913. The fraction of sp³-hybridized carbons (Fsp3) is 0.333. The van der Waals surface area contributed by atoms with Crippen LogP contribution < -0.4 is 5.32 Å². The van der Waals surface area contributed by atoms with E-state index in [9.17, 15) is 13.6 Å². The summed E-state index contributed by atoms with van der Waals surface area (Å²) in [7, 11) is 0. The zero-order chi connectivity index (χ0) is 11.3. The number of ether oxygens (including phenoxy) is 1. The average Bonchev–Trinajstić information content (AvgIpc) is 2.17. The Morgan fingerprint density at radius 2 is 2.33 bits per heavy atom. The van der Waals surface area contributed by atoms with E-state index in [1.807, 2.05) is 0 Å². The topological polar surface area (TPSA) is 51.2 Å². The van der Waals surface area contributed by atoms with Crippen molar-refractivity contribution >= 4 is 11.8 Å². The molecule has 0 atom stereocenters. The molecule has 0 amide bonds. The van der Waals surface area contributed by atoms with Crippen molar-refractivity contribution in [3.05, 3.63) is 23.9 Å². The second kappa shape index (κ2) is 5.23. The first-order chi connectivity index (χ1) is 7.13. The molecule has 0 aliphatic heterocycles. The Hall–Kier alpha value is -1.72. The lowest BCUT2D eigenvalue weighted by Gasteiger charge is -2.05. The molecule has 1 heterocycles. The van der Waals surface area contributed by atoms with Gasteiger partial charge in [0.25, 0.3) is 0 Å². The molecule has 15 heavy (non-hydrogen) atoms. The molecular weight excluding hydrogens is 206 g/mol. The molecule has 0 fully saturated rings. The van der Waals surface area contributed by atoms with Crippen LogP contribution in [0.3, 0.4) is 0 Å². The third-order valence-electron chi connectivity index (χ3n) is 1.51. The Morgan fingerprint density at radius 1 is 1.60 bits per heavy atom. The van der Waals surface area contributed by atoms with Crippen molar-refractivity contribution in [1.82, 2.24) is 4.98 Å². The maximum atomic E-state index is 13.0. The molecule has 4 nitrogen and oxygen atoms in total. The number of anilines is 1. The van der Waals surface area contributed by atoms with Gasteiger partial charge in [-0.3, -0.25) is 4.79 Å². The highest BCUT2D eigenvalue weighted by atomic mass is 19.1. The third kappa shape index (κ3) is 3.49. The second-order valence-corrected chi connectivity index (χ2v) is 2.64. The van der Waals surface area contributed by atoms with E-state index in [1.165, 1.54) is 0 Å². The zero-order valence-electron chi connectivity index (χ0n) is 8.09. The van der Waals surface area contributed by atoms with Gasteiger partial charge in [0.2, 0.25) is 0 Å². The molecule has 0 aliphatic rings. The van der Waals surface area contributed by atoms with E-state index in [2.05, 4.69) is 15.0 Å². The van der Waals surface area contributed by atoms with Gasteiger partial charge in [-0.1, -0.05) is 0 Å². The standard InChI is InChI=1S/C9H10F2N2O2/c1-2-15-8(14)5-13-9-7(11)3-6(10)4-12-9/h3-4H,2,5H2,1H3,(H,12,13). The van der Waals surface area contributed by atoms with E-state index in [0.29, 0.717) is 6.07 Å². The highest BCUT2D eigenvalue weighted by Gasteiger charge is 2.07. The van der Waals surface area contributed by atoms with Crippen molar-refractivity contribution < 1.29 is 18.3 Å².